The molecule has 1 aliphatic heterocycles. The van der Waals surface area contributed by atoms with Crippen LogP contribution in [-0.2, 0) is 33.6 Å². The summed E-state index contributed by atoms with van der Waals surface area (Å²) in [5.41, 5.74) is 7.03. The summed E-state index contributed by atoms with van der Waals surface area (Å²) < 4.78 is 6.12. The normalized spacial score (nSPS) is 18.3. The molecule has 0 spiro atoms. The van der Waals surface area contributed by atoms with Gasteiger partial charge in [-0.25, -0.2) is 0 Å². The van der Waals surface area contributed by atoms with Gasteiger partial charge in [0, 0.05) is 31.1 Å². The van der Waals surface area contributed by atoms with Gasteiger partial charge in [-0.05, 0) is 82.4 Å². The number of rotatable bonds is 9. The highest BCUT2D eigenvalue weighted by Gasteiger charge is 2.34. The second-order valence-corrected chi connectivity index (χ2v) is 9.62. The number of aliphatic carboxylic acids is 1. The van der Waals surface area contributed by atoms with Crippen LogP contribution in [0.1, 0.15) is 71.8 Å². The Balaban J connectivity index is 0.00000108. The Labute approximate surface area is 208 Å². The molecule has 2 heterocycles. The number of unbranched alkanes of at least 4 members (excludes halogenated alkanes) is 1. The van der Waals surface area contributed by atoms with Crippen LogP contribution < -0.4 is 0 Å². The van der Waals surface area contributed by atoms with Crippen LogP contribution >= 0.6 is 0 Å². The number of carboxylic acid groups (broad SMARTS) is 2. The standard InChI is InChI=1S/C27H36N2O3.CH2O2/c1-19-15-20(2)17-22(16-19)26(27(30)31)29-13-12-24(18-29)32-14-6-5-8-23-11-10-21-7-3-4-9-25(21)28-23;2-1-3/h10-11,15-17,24,26H,3-9,12-14,18H2,1-2H3,(H,30,31);1H,(H,2,3)/t24-,26?;/m1./s1. The van der Waals surface area contributed by atoms with Gasteiger partial charge in [-0.1, -0.05) is 35.4 Å². The van der Waals surface area contributed by atoms with Crippen molar-refractivity contribution in [1.29, 1.82) is 0 Å². The van der Waals surface area contributed by atoms with Crippen LogP contribution in [-0.4, -0.2) is 58.3 Å². The molecule has 1 aromatic heterocycles. The topological polar surface area (TPSA) is 100.0 Å². The lowest BCUT2D eigenvalue weighted by atomic mass is 9.95. The molecule has 1 aromatic carbocycles. The fourth-order valence-electron chi connectivity index (χ4n) is 5.23. The highest BCUT2D eigenvalue weighted by molar-refractivity contribution is 5.75. The molecule has 0 radical (unpaired) electrons. The molecule has 1 fully saturated rings. The Kier molecular flexibility index (Phi) is 10.2. The van der Waals surface area contributed by atoms with Crippen LogP contribution in [0.4, 0.5) is 0 Å². The van der Waals surface area contributed by atoms with Gasteiger partial charge in [0.1, 0.15) is 6.04 Å². The number of nitrogens with zero attached hydrogens (tertiary/aromatic N) is 2. The van der Waals surface area contributed by atoms with Crippen molar-refractivity contribution >= 4 is 12.4 Å². The van der Waals surface area contributed by atoms with E-state index in [1.54, 1.807) is 0 Å². The van der Waals surface area contributed by atoms with E-state index in [1.807, 2.05) is 26.0 Å². The summed E-state index contributed by atoms with van der Waals surface area (Å²) in [6, 6.07) is 9.94. The fourth-order valence-corrected chi connectivity index (χ4v) is 5.23. The maximum absolute atomic E-state index is 12.1. The first-order valence-corrected chi connectivity index (χ1v) is 12.6. The Hall–Kier alpha value is -2.77. The summed E-state index contributed by atoms with van der Waals surface area (Å²) >= 11 is 0. The van der Waals surface area contributed by atoms with Gasteiger partial charge in [0.15, 0.2) is 0 Å². The second-order valence-electron chi connectivity index (χ2n) is 9.62. The van der Waals surface area contributed by atoms with E-state index in [1.165, 1.54) is 36.2 Å². The number of likely N-dealkylation sites (tertiary alicyclic amines) is 1. The van der Waals surface area contributed by atoms with Gasteiger partial charge in [-0.3, -0.25) is 19.5 Å². The average Bonchev–Trinajstić information content (AvgIpc) is 3.26. The third-order valence-corrected chi connectivity index (χ3v) is 6.75. The monoisotopic (exact) mass is 482 g/mol. The fraction of sp³-hybridized carbons (Fsp3) is 0.536. The van der Waals surface area contributed by atoms with E-state index in [0.717, 1.165) is 61.9 Å². The highest BCUT2D eigenvalue weighted by Crippen LogP contribution is 2.28. The maximum atomic E-state index is 12.1. The third kappa shape index (κ3) is 7.87. The molecule has 0 amide bonds. The number of hydrogen-bond donors (Lipinski definition) is 2. The van der Waals surface area contributed by atoms with E-state index >= 15 is 0 Å². The molecule has 35 heavy (non-hydrogen) atoms. The predicted molar refractivity (Wildman–Crippen MR) is 135 cm³/mol. The Morgan fingerprint density at radius 3 is 2.60 bits per heavy atom. The zero-order valence-electron chi connectivity index (χ0n) is 20.9. The molecular formula is C28H38N2O5. The first kappa shape index (κ1) is 26.8. The summed E-state index contributed by atoms with van der Waals surface area (Å²) in [4.78, 5) is 27.3. The molecule has 2 atom stereocenters. The number of hydrogen-bond acceptors (Lipinski definition) is 5. The lowest BCUT2D eigenvalue weighted by Gasteiger charge is -2.25. The van der Waals surface area contributed by atoms with Gasteiger partial charge in [0.05, 0.1) is 6.10 Å². The van der Waals surface area contributed by atoms with Gasteiger partial charge in [-0.15, -0.1) is 0 Å². The molecule has 2 aromatic rings. The van der Waals surface area contributed by atoms with Crippen LogP contribution in [0.5, 0.6) is 0 Å². The number of benzene rings is 1. The second kappa shape index (κ2) is 13.4. The lowest BCUT2D eigenvalue weighted by molar-refractivity contribution is -0.143. The molecule has 2 aliphatic rings. The van der Waals surface area contributed by atoms with E-state index in [9.17, 15) is 9.90 Å². The van der Waals surface area contributed by atoms with Crippen LogP contribution in [0.15, 0.2) is 30.3 Å². The number of aromatic nitrogens is 1. The number of pyridine rings is 1. The van der Waals surface area contributed by atoms with E-state index in [0.29, 0.717) is 6.54 Å². The molecule has 1 aliphatic carbocycles. The summed E-state index contributed by atoms with van der Waals surface area (Å²) in [7, 11) is 0. The molecule has 7 nitrogen and oxygen atoms in total. The third-order valence-electron chi connectivity index (χ3n) is 6.75. The van der Waals surface area contributed by atoms with Crippen LogP contribution in [0.2, 0.25) is 0 Å². The molecule has 7 heteroatoms. The minimum absolute atomic E-state index is 0.115. The number of aryl methyl sites for hydroxylation is 5. The van der Waals surface area contributed by atoms with Crippen molar-refractivity contribution in [2.24, 2.45) is 0 Å². The average molecular weight is 483 g/mol. The van der Waals surface area contributed by atoms with Gasteiger partial charge >= 0.3 is 5.97 Å². The largest absolute Gasteiger partial charge is 0.483 e. The molecule has 0 bridgehead atoms. The SMILES string of the molecule is Cc1cc(C)cc(C(C(=O)O)N2CC[C@@H](OCCCCc3ccc4c(n3)CCCC4)C2)c1.O=CO. The molecule has 4 rings (SSSR count). The van der Waals surface area contributed by atoms with E-state index in [4.69, 9.17) is 19.6 Å². The smallest absolute Gasteiger partial charge is 0.325 e. The van der Waals surface area contributed by atoms with Crippen molar-refractivity contribution in [3.05, 3.63) is 64.0 Å². The number of carbonyl (C=O) groups is 2. The van der Waals surface area contributed by atoms with Crippen molar-refractivity contribution < 1.29 is 24.5 Å². The zero-order chi connectivity index (χ0) is 25.2. The Morgan fingerprint density at radius 1 is 1.17 bits per heavy atom. The van der Waals surface area contributed by atoms with E-state index in [2.05, 4.69) is 23.1 Å². The van der Waals surface area contributed by atoms with Crippen molar-refractivity contribution in [3.8, 4) is 0 Å². The van der Waals surface area contributed by atoms with E-state index < -0.39 is 12.0 Å². The minimum atomic E-state index is -0.784. The summed E-state index contributed by atoms with van der Waals surface area (Å²) in [6.07, 6.45) is 8.96. The van der Waals surface area contributed by atoms with E-state index in [-0.39, 0.29) is 12.6 Å². The zero-order valence-corrected chi connectivity index (χ0v) is 20.9. The molecule has 190 valence electrons. The molecule has 2 N–H and O–H groups in total. The molecule has 1 unspecified atom stereocenters. The molecule has 1 saturated heterocycles. The van der Waals surface area contributed by atoms with Gasteiger partial charge < -0.3 is 14.9 Å². The van der Waals surface area contributed by atoms with Gasteiger partial charge in [0.2, 0.25) is 0 Å². The predicted octanol–water partition coefficient (Wildman–Crippen LogP) is 4.52. The first-order chi connectivity index (χ1) is 16.9. The van der Waals surface area contributed by atoms with Crippen LogP contribution in [0.25, 0.3) is 0 Å². The summed E-state index contributed by atoms with van der Waals surface area (Å²) in [5.74, 6) is -0.784. The number of ether oxygens (including phenoxy) is 1. The van der Waals surface area contributed by atoms with Crippen molar-refractivity contribution in [2.75, 3.05) is 19.7 Å². The Morgan fingerprint density at radius 2 is 1.89 bits per heavy atom. The van der Waals surface area contributed by atoms with Crippen molar-refractivity contribution in [3.63, 3.8) is 0 Å². The lowest BCUT2D eigenvalue weighted by Crippen LogP contribution is -2.33. The summed E-state index contributed by atoms with van der Waals surface area (Å²) in [6.45, 7) is 5.95. The number of carboxylic acids is 1. The Bertz CT molecular complexity index is 973. The maximum Gasteiger partial charge on any atom is 0.325 e. The van der Waals surface area contributed by atoms with Crippen LogP contribution in [0, 0.1) is 13.8 Å². The van der Waals surface area contributed by atoms with Crippen molar-refractivity contribution in [1.82, 2.24) is 9.88 Å². The molecular weight excluding hydrogens is 444 g/mol. The minimum Gasteiger partial charge on any atom is -0.483 e. The molecule has 0 saturated carbocycles. The van der Waals surface area contributed by atoms with Crippen molar-refractivity contribution in [2.45, 2.75) is 77.4 Å². The van der Waals surface area contributed by atoms with Crippen LogP contribution in [0.3, 0.4) is 0 Å². The summed E-state index contributed by atoms with van der Waals surface area (Å²) in [5, 5.41) is 16.8. The highest BCUT2D eigenvalue weighted by atomic mass is 16.5. The van der Waals surface area contributed by atoms with Gasteiger partial charge in [0.25, 0.3) is 6.47 Å². The quantitative estimate of drug-likeness (QED) is 0.400. The first-order valence-electron chi connectivity index (χ1n) is 12.6. The number of fused-ring (bicyclic) bond motifs is 1. The van der Waals surface area contributed by atoms with Gasteiger partial charge in [-0.2, -0.15) is 0 Å².